The quantitative estimate of drug-likeness (QED) is 0.452. The number of hydrogen-bond acceptors (Lipinski definition) is 0. The normalized spacial score (nSPS) is 24.4. The van der Waals surface area contributed by atoms with Crippen LogP contribution in [0.25, 0.3) is 0 Å². The van der Waals surface area contributed by atoms with Crippen LogP contribution in [-0.2, 0) is 0 Å². The molecule has 0 saturated heterocycles. The summed E-state index contributed by atoms with van der Waals surface area (Å²) >= 11 is 0. The van der Waals surface area contributed by atoms with Crippen LogP contribution in [0.1, 0.15) is 88.5 Å². The maximum absolute atomic E-state index is 2.39. The Balaban J connectivity index is 0. The van der Waals surface area contributed by atoms with Crippen LogP contribution >= 0.6 is 0 Å². The van der Waals surface area contributed by atoms with Crippen molar-refractivity contribution in [3.05, 3.63) is 0 Å². The lowest BCUT2D eigenvalue weighted by Crippen LogP contribution is -2.21. The summed E-state index contributed by atoms with van der Waals surface area (Å²) < 4.78 is 0. The molecule has 17 heavy (non-hydrogen) atoms. The Morgan fingerprint density at radius 3 is 0.941 bits per heavy atom. The molecule has 106 valence electrons. The van der Waals surface area contributed by atoms with E-state index in [1.807, 2.05) is 27.7 Å². The van der Waals surface area contributed by atoms with Crippen molar-refractivity contribution in [3.63, 3.8) is 0 Å². The summed E-state index contributed by atoms with van der Waals surface area (Å²) in [5.74, 6) is 1.91. The zero-order valence-corrected chi connectivity index (χ0v) is 14.3. The number of hydrogen-bond donors (Lipinski definition) is 0. The van der Waals surface area contributed by atoms with Gasteiger partial charge in [-0.3, -0.25) is 0 Å². The highest BCUT2D eigenvalue weighted by atomic mass is 14.4. The smallest absolute Gasteiger partial charge is 0.0354 e. The molecule has 0 bridgehead atoms. The molecule has 0 aromatic carbocycles. The molecule has 0 heteroatoms. The maximum Gasteiger partial charge on any atom is -0.0354 e. The standard InChI is InChI=1S/C13H26.2C2H6/c1-12(2,3)10-7-8-11(9-10)13(4,5)6;2*1-2/h10-11H,7-9H2,1-6H3;2*1-2H3. The fraction of sp³-hybridized carbons (Fsp3) is 1.00. The Labute approximate surface area is 112 Å². The summed E-state index contributed by atoms with van der Waals surface area (Å²) in [6.45, 7) is 22.3. The van der Waals surface area contributed by atoms with Crippen LogP contribution in [0.15, 0.2) is 0 Å². The minimum Gasteiger partial charge on any atom is -0.0683 e. The summed E-state index contributed by atoms with van der Waals surface area (Å²) in [5, 5.41) is 0. The van der Waals surface area contributed by atoms with Crippen LogP contribution in [0.4, 0.5) is 0 Å². The van der Waals surface area contributed by atoms with Gasteiger partial charge in [0.25, 0.3) is 0 Å². The molecule has 0 aliphatic heterocycles. The van der Waals surface area contributed by atoms with E-state index in [0.29, 0.717) is 10.8 Å². The van der Waals surface area contributed by atoms with Crippen LogP contribution in [-0.4, -0.2) is 0 Å². The van der Waals surface area contributed by atoms with Gasteiger partial charge in [0.2, 0.25) is 0 Å². The molecule has 1 fully saturated rings. The second-order valence-corrected chi connectivity index (χ2v) is 6.94. The van der Waals surface area contributed by atoms with Crippen LogP contribution in [0.2, 0.25) is 0 Å². The fourth-order valence-corrected chi connectivity index (χ4v) is 2.55. The molecule has 0 radical (unpaired) electrons. The van der Waals surface area contributed by atoms with Gasteiger partial charge in [0.15, 0.2) is 0 Å². The molecule has 0 amide bonds. The molecule has 0 aromatic rings. The lowest BCUT2D eigenvalue weighted by molar-refractivity contribution is 0.197. The average molecular weight is 242 g/mol. The second kappa shape index (κ2) is 8.16. The Morgan fingerprint density at radius 1 is 0.588 bits per heavy atom. The Bertz CT molecular complexity index is 145. The summed E-state index contributed by atoms with van der Waals surface area (Å²) in [6, 6.07) is 0. The second-order valence-electron chi connectivity index (χ2n) is 6.94. The highest BCUT2D eigenvalue weighted by Gasteiger charge is 2.37. The topological polar surface area (TPSA) is 0 Å². The zero-order valence-electron chi connectivity index (χ0n) is 14.3. The largest absolute Gasteiger partial charge is 0.0683 e. The first-order chi connectivity index (χ1) is 7.71. The van der Waals surface area contributed by atoms with Gasteiger partial charge in [0.05, 0.1) is 0 Å². The SMILES string of the molecule is CC.CC.CC(C)(C)C1CCC(C(C)(C)C)C1. The van der Waals surface area contributed by atoms with Gasteiger partial charge in [-0.25, -0.2) is 0 Å². The summed E-state index contributed by atoms with van der Waals surface area (Å²) in [5.41, 5.74) is 1.06. The predicted octanol–water partition coefficient (Wildman–Crippen LogP) is 6.55. The summed E-state index contributed by atoms with van der Waals surface area (Å²) in [4.78, 5) is 0. The highest BCUT2D eigenvalue weighted by molar-refractivity contribution is 4.88. The first-order valence-corrected chi connectivity index (χ1v) is 7.71. The molecule has 1 saturated carbocycles. The molecule has 0 nitrogen and oxygen atoms in total. The van der Waals surface area contributed by atoms with Gasteiger partial charge in [0, 0.05) is 0 Å². The molecule has 0 aromatic heterocycles. The molecular formula is C17H38. The summed E-state index contributed by atoms with van der Waals surface area (Å²) in [7, 11) is 0. The maximum atomic E-state index is 2.39. The van der Waals surface area contributed by atoms with Crippen LogP contribution in [0, 0.1) is 22.7 Å². The van der Waals surface area contributed by atoms with Crippen molar-refractivity contribution >= 4 is 0 Å². The predicted molar refractivity (Wildman–Crippen MR) is 82.4 cm³/mol. The minimum absolute atomic E-state index is 0.528. The van der Waals surface area contributed by atoms with Crippen molar-refractivity contribution in [1.82, 2.24) is 0 Å². The van der Waals surface area contributed by atoms with Gasteiger partial charge in [0.1, 0.15) is 0 Å². The van der Waals surface area contributed by atoms with Crippen molar-refractivity contribution < 1.29 is 0 Å². The van der Waals surface area contributed by atoms with E-state index in [2.05, 4.69) is 41.5 Å². The zero-order chi connectivity index (χ0) is 14.3. The van der Waals surface area contributed by atoms with E-state index in [1.54, 1.807) is 0 Å². The third-order valence-corrected chi connectivity index (χ3v) is 3.88. The van der Waals surface area contributed by atoms with Crippen molar-refractivity contribution in [2.75, 3.05) is 0 Å². The van der Waals surface area contributed by atoms with Crippen molar-refractivity contribution in [3.8, 4) is 0 Å². The van der Waals surface area contributed by atoms with E-state index in [4.69, 9.17) is 0 Å². The van der Waals surface area contributed by atoms with E-state index >= 15 is 0 Å². The lowest BCUT2D eigenvalue weighted by atomic mass is 9.75. The lowest BCUT2D eigenvalue weighted by Gasteiger charge is -2.30. The van der Waals surface area contributed by atoms with Gasteiger partial charge in [-0.1, -0.05) is 69.2 Å². The van der Waals surface area contributed by atoms with E-state index in [0.717, 1.165) is 11.8 Å². The molecule has 1 aliphatic rings. The first-order valence-electron chi connectivity index (χ1n) is 7.71. The highest BCUT2D eigenvalue weighted by Crippen LogP contribution is 2.47. The third-order valence-electron chi connectivity index (χ3n) is 3.88. The van der Waals surface area contributed by atoms with Crippen molar-refractivity contribution in [2.45, 2.75) is 88.5 Å². The van der Waals surface area contributed by atoms with E-state index in [-0.39, 0.29) is 0 Å². The van der Waals surface area contributed by atoms with E-state index in [9.17, 15) is 0 Å². The van der Waals surface area contributed by atoms with Crippen LogP contribution < -0.4 is 0 Å². The first kappa shape index (κ1) is 19.3. The average Bonchev–Trinajstić information content (AvgIpc) is 2.71. The van der Waals surface area contributed by atoms with Gasteiger partial charge < -0.3 is 0 Å². The molecule has 0 N–H and O–H groups in total. The van der Waals surface area contributed by atoms with Gasteiger partial charge >= 0.3 is 0 Å². The van der Waals surface area contributed by atoms with Gasteiger partial charge in [-0.2, -0.15) is 0 Å². The molecular weight excluding hydrogens is 204 g/mol. The van der Waals surface area contributed by atoms with E-state index < -0.39 is 0 Å². The van der Waals surface area contributed by atoms with Crippen LogP contribution in [0.3, 0.4) is 0 Å². The number of rotatable bonds is 0. The summed E-state index contributed by atoms with van der Waals surface area (Å²) in [6.07, 6.45) is 4.35. The van der Waals surface area contributed by atoms with E-state index in [1.165, 1.54) is 19.3 Å². The molecule has 2 atom stereocenters. The fourth-order valence-electron chi connectivity index (χ4n) is 2.55. The molecule has 1 aliphatic carbocycles. The molecule has 0 heterocycles. The monoisotopic (exact) mass is 242 g/mol. The third kappa shape index (κ3) is 7.11. The minimum atomic E-state index is 0.528. The molecule has 0 spiro atoms. The molecule has 2 unspecified atom stereocenters. The van der Waals surface area contributed by atoms with Crippen LogP contribution in [0.5, 0.6) is 0 Å². The Morgan fingerprint density at radius 2 is 0.824 bits per heavy atom. The van der Waals surface area contributed by atoms with Crippen molar-refractivity contribution in [2.24, 2.45) is 22.7 Å². The Hall–Kier alpha value is 0. The Kier molecular flexibility index (Phi) is 9.29. The van der Waals surface area contributed by atoms with Gasteiger partial charge in [-0.05, 0) is 41.9 Å². The molecule has 1 rings (SSSR count). The van der Waals surface area contributed by atoms with Gasteiger partial charge in [-0.15, -0.1) is 0 Å². The van der Waals surface area contributed by atoms with Crippen molar-refractivity contribution in [1.29, 1.82) is 0 Å².